The number of halogens is 1. The van der Waals surface area contributed by atoms with Gasteiger partial charge in [0.15, 0.2) is 5.82 Å². The Morgan fingerprint density at radius 2 is 1.73 bits per heavy atom. The molecule has 0 fully saturated rings. The van der Waals surface area contributed by atoms with Crippen molar-refractivity contribution in [1.82, 2.24) is 4.98 Å². The van der Waals surface area contributed by atoms with Gasteiger partial charge in [0.05, 0.1) is 0 Å². The first kappa shape index (κ1) is 17.9. The van der Waals surface area contributed by atoms with Crippen LogP contribution in [0.1, 0.15) is 11.1 Å². The molecule has 0 saturated carbocycles. The largest absolute Gasteiger partial charge is 0.339 e. The number of hydrogen-bond donors (Lipinski definition) is 2. The quantitative estimate of drug-likeness (QED) is 0.698. The van der Waals surface area contributed by atoms with E-state index in [4.69, 9.17) is 0 Å². The van der Waals surface area contributed by atoms with Crippen LogP contribution in [0.15, 0.2) is 65.7 Å². The summed E-state index contributed by atoms with van der Waals surface area (Å²) >= 11 is 0. The van der Waals surface area contributed by atoms with Crippen LogP contribution in [-0.2, 0) is 10.0 Å². The third-order valence-corrected chi connectivity index (χ3v) is 5.32. The molecule has 0 aliphatic heterocycles. The van der Waals surface area contributed by atoms with Crippen LogP contribution >= 0.6 is 0 Å². The molecular formula is C19H18FN3O2S. The Labute approximate surface area is 152 Å². The van der Waals surface area contributed by atoms with Crippen molar-refractivity contribution in [3.8, 4) is 0 Å². The van der Waals surface area contributed by atoms with Gasteiger partial charge in [-0.05, 0) is 67.4 Å². The van der Waals surface area contributed by atoms with Crippen molar-refractivity contribution < 1.29 is 12.8 Å². The van der Waals surface area contributed by atoms with Crippen LogP contribution in [0.25, 0.3) is 0 Å². The molecule has 26 heavy (non-hydrogen) atoms. The van der Waals surface area contributed by atoms with Crippen molar-refractivity contribution in [1.29, 1.82) is 0 Å². The van der Waals surface area contributed by atoms with Crippen LogP contribution in [0, 0.1) is 19.7 Å². The van der Waals surface area contributed by atoms with Crippen molar-refractivity contribution in [3.63, 3.8) is 0 Å². The van der Waals surface area contributed by atoms with Gasteiger partial charge in [-0.2, -0.15) is 0 Å². The molecule has 0 radical (unpaired) electrons. The molecule has 3 aromatic rings. The van der Waals surface area contributed by atoms with Gasteiger partial charge < -0.3 is 5.32 Å². The minimum absolute atomic E-state index is 0.0255. The van der Waals surface area contributed by atoms with Gasteiger partial charge in [0.2, 0.25) is 0 Å². The van der Waals surface area contributed by atoms with E-state index in [1.807, 2.05) is 19.9 Å². The molecule has 2 aromatic carbocycles. The lowest BCUT2D eigenvalue weighted by atomic mass is 10.1. The monoisotopic (exact) mass is 371 g/mol. The van der Waals surface area contributed by atoms with Crippen LogP contribution in [0.3, 0.4) is 0 Å². The summed E-state index contributed by atoms with van der Waals surface area (Å²) < 4.78 is 41.6. The molecule has 1 aromatic heterocycles. The number of nitrogens with one attached hydrogen (secondary N) is 2. The summed E-state index contributed by atoms with van der Waals surface area (Å²) in [6.07, 6.45) is 1.47. The molecule has 0 saturated heterocycles. The number of aryl methyl sites for hydroxylation is 2. The molecule has 5 nitrogen and oxygen atoms in total. The Hall–Kier alpha value is -2.93. The summed E-state index contributed by atoms with van der Waals surface area (Å²) in [6, 6.07) is 14.0. The van der Waals surface area contributed by atoms with Gasteiger partial charge in [-0.25, -0.2) is 17.8 Å². The Kier molecular flexibility index (Phi) is 4.90. The molecule has 134 valence electrons. The molecule has 2 N–H and O–H groups in total. The van der Waals surface area contributed by atoms with Crippen molar-refractivity contribution >= 4 is 27.2 Å². The second-order valence-corrected chi connectivity index (χ2v) is 7.54. The summed E-state index contributed by atoms with van der Waals surface area (Å²) in [5.41, 5.74) is 2.93. The molecule has 0 amide bonds. The minimum atomic E-state index is -3.87. The number of sulfonamides is 1. The van der Waals surface area contributed by atoms with Crippen LogP contribution in [0.4, 0.5) is 21.6 Å². The second kappa shape index (κ2) is 7.13. The zero-order valence-electron chi connectivity index (χ0n) is 14.3. The van der Waals surface area contributed by atoms with E-state index in [9.17, 15) is 12.8 Å². The highest BCUT2D eigenvalue weighted by atomic mass is 32.2. The first-order valence-electron chi connectivity index (χ1n) is 7.93. The molecule has 0 unspecified atom stereocenters. The molecule has 0 spiro atoms. The lowest BCUT2D eigenvalue weighted by Gasteiger charge is -2.13. The standard InChI is InChI=1S/C19H18FN3O2S/c1-13-8-9-17(11-14(13)2)23-26(24,25)18-7-4-10-21-19(18)22-16-6-3-5-15(20)12-16/h3-12,23H,1-2H3,(H,21,22). The number of anilines is 3. The van der Waals surface area contributed by atoms with Gasteiger partial charge in [0, 0.05) is 17.6 Å². The van der Waals surface area contributed by atoms with E-state index in [2.05, 4.69) is 15.0 Å². The third-order valence-electron chi connectivity index (χ3n) is 3.91. The Morgan fingerprint density at radius 3 is 2.46 bits per heavy atom. The lowest BCUT2D eigenvalue weighted by Crippen LogP contribution is -2.15. The molecule has 3 rings (SSSR count). The minimum Gasteiger partial charge on any atom is -0.339 e. The fourth-order valence-electron chi connectivity index (χ4n) is 2.42. The average Bonchev–Trinajstić information content (AvgIpc) is 2.58. The summed E-state index contributed by atoms with van der Waals surface area (Å²) in [6.45, 7) is 3.86. The van der Waals surface area contributed by atoms with Gasteiger partial charge >= 0.3 is 0 Å². The maximum Gasteiger partial charge on any atom is 0.265 e. The summed E-state index contributed by atoms with van der Waals surface area (Å²) in [7, 11) is -3.87. The maximum atomic E-state index is 13.4. The highest BCUT2D eigenvalue weighted by Crippen LogP contribution is 2.25. The zero-order chi connectivity index (χ0) is 18.7. The fraction of sp³-hybridized carbons (Fsp3) is 0.105. The SMILES string of the molecule is Cc1ccc(NS(=O)(=O)c2cccnc2Nc2cccc(F)c2)cc1C. The van der Waals surface area contributed by atoms with Gasteiger partial charge in [-0.1, -0.05) is 12.1 Å². The van der Waals surface area contributed by atoms with Gasteiger partial charge in [0.25, 0.3) is 10.0 Å². The first-order valence-corrected chi connectivity index (χ1v) is 9.41. The number of aromatic nitrogens is 1. The van der Waals surface area contributed by atoms with E-state index >= 15 is 0 Å². The second-order valence-electron chi connectivity index (χ2n) is 5.89. The number of nitrogens with zero attached hydrogens (tertiary/aromatic N) is 1. The molecule has 0 atom stereocenters. The van der Waals surface area contributed by atoms with Crippen molar-refractivity contribution in [2.75, 3.05) is 10.0 Å². The lowest BCUT2D eigenvalue weighted by molar-refractivity contribution is 0.601. The number of benzene rings is 2. The highest BCUT2D eigenvalue weighted by molar-refractivity contribution is 7.92. The smallest absolute Gasteiger partial charge is 0.265 e. The van der Waals surface area contributed by atoms with Crippen molar-refractivity contribution in [2.45, 2.75) is 18.7 Å². The molecule has 7 heteroatoms. The van der Waals surface area contributed by atoms with Crippen LogP contribution < -0.4 is 10.0 Å². The van der Waals surface area contributed by atoms with E-state index in [1.54, 1.807) is 18.2 Å². The normalized spacial score (nSPS) is 11.2. The molecule has 0 aliphatic rings. The van der Waals surface area contributed by atoms with Gasteiger partial charge in [-0.3, -0.25) is 4.72 Å². The number of pyridine rings is 1. The van der Waals surface area contributed by atoms with E-state index in [-0.39, 0.29) is 10.7 Å². The van der Waals surface area contributed by atoms with Crippen LogP contribution in [0.2, 0.25) is 0 Å². The van der Waals surface area contributed by atoms with Crippen LogP contribution in [-0.4, -0.2) is 13.4 Å². The van der Waals surface area contributed by atoms with E-state index in [0.29, 0.717) is 11.4 Å². The Bertz CT molecular complexity index is 1050. The third kappa shape index (κ3) is 4.00. The average molecular weight is 371 g/mol. The predicted octanol–water partition coefficient (Wildman–Crippen LogP) is 4.38. The van der Waals surface area contributed by atoms with Gasteiger partial charge in [0.1, 0.15) is 10.7 Å². The number of rotatable bonds is 5. The topological polar surface area (TPSA) is 71.1 Å². The van der Waals surface area contributed by atoms with E-state index in [0.717, 1.165) is 11.1 Å². The van der Waals surface area contributed by atoms with Crippen molar-refractivity contribution in [2.24, 2.45) is 0 Å². The summed E-state index contributed by atoms with van der Waals surface area (Å²) in [4.78, 5) is 4.07. The molecular weight excluding hydrogens is 353 g/mol. The van der Waals surface area contributed by atoms with E-state index in [1.165, 1.54) is 36.5 Å². The van der Waals surface area contributed by atoms with Crippen molar-refractivity contribution in [3.05, 3.63) is 77.7 Å². The predicted molar refractivity (Wildman–Crippen MR) is 101 cm³/mol. The van der Waals surface area contributed by atoms with E-state index < -0.39 is 15.8 Å². The first-order chi connectivity index (χ1) is 12.3. The maximum absolute atomic E-state index is 13.4. The highest BCUT2D eigenvalue weighted by Gasteiger charge is 2.20. The summed E-state index contributed by atoms with van der Waals surface area (Å²) in [5, 5.41) is 2.86. The Balaban J connectivity index is 1.93. The summed E-state index contributed by atoms with van der Waals surface area (Å²) in [5.74, 6) is -0.307. The van der Waals surface area contributed by atoms with Crippen LogP contribution in [0.5, 0.6) is 0 Å². The Morgan fingerprint density at radius 1 is 0.923 bits per heavy atom. The molecule has 1 heterocycles. The molecule has 0 aliphatic carbocycles. The fourth-order valence-corrected chi connectivity index (χ4v) is 3.58. The van der Waals surface area contributed by atoms with Gasteiger partial charge in [-0.15, -0.1) is 0 Å². The molecule has 0 bridgehead atoms. The number of hydrogen-bond acceptors (Lipinski definition) is 4. The zero-order valence-corrected chi connectivity index (χ0v) is 15.1.